The molecule has 0 aliphatic carbocycles. The van der Waals surface area contributed by atoms with E-state index < -0.39 is 0 Å². The van der Waals surface area contributed by atoms with E-state index in [9.17, 15) is 4.79 Å². The molecule has 144 valence electrons. The molecule has 2 rings (SSSR count). The van der Waals surface area contributed by atoms with E-state index in [0.29, 0.717) is 25.4 Å². The van der Waals surface area contributed by atoms with Crippen molar-refractivity contribution >= 4 is 11.9 Å². The molecule has 0 aliphatic heterocycles. The Hall–Kier alpha value is -3.02. The van der Waals surface area contributed by atoms with Gasteiger partial charge in [-0.2, -0.15) is 0 Å². The van der Waals surface area contributed by atoms with E-state index in [1.165, 1.54) is 11.1 Å². The van der Waals surface area contributed by atoms with E-state index in [1.807, 2.05) is 31.2 Å². The van der Waals surface area contributed by atoms with Gasteiger partial charge in [0.2, 0.25) is 0 Å². The van der Waals surface area contributed by atoms with Crippen LogP contribution in [0.5, 0.6) is 5.75 Å². The maximum absolute atomic E-state index is 11.5. The summed E-state index contributed by atoms with van der Waals surface area (Å²) in [5.41, 5.74) is 3.49. The van der Waals surface area contributed by atoms with Gasteiger partial charge in [0.15, 0.2) is 12.6 Å². The smallest absolute Gasteiger partial charge is 0.257 e. The number of hydrogen-bond donors (Lipinski definition) is 3. The van der Waals surface area contributed by atoms with E-state index in [1.54, 1.807) is 7.05 Å². The molecule has 0 aliphatic rings. The summed E-state index contributed by atoms with van der Waals surface area (Å²) in [6.45, 7) is 5.88. The van der Waals surface area contributed by atoms with Crippen LogP contribution >= 0.6 is 0 Å². The predicted octanol–water partition coefficient (Wildman–Crippen LogP) is 2.38. The molecule has 0 unspecified atom stereocenters. The summed E-state index contributed by atoms with van der Waals surface area (Å²) < 4.78 is 5.52. The van der Waals surface area contributed by atoms with Crippen LogP contribution in [0.2, 0.25) is 0 Å². The van der Waals surface area contributed by atoms with Crippen molar-refractivity contribution in [3.05, 3.63) is 65.2 Å². The first kappa shape index (κ1) is 20.3. The lowest BCUT2D eigenvalue weighted by molar-refractivity contribution is -0.122. The van der Waals surface area contributed by atoms with Gasteiger partial charge in [0.25, 0.3) is 5.91 Å². The molecule has 2 aromatic carbocycles. The fourth-order valence-electron chi connectivity index (χ4n) is 2.56. The average Bonchev–Trinajstić information content (AvgIpc) is 2.67. The molecule has 0 bridgehead atoms. The fourth-order valence-corrected chi connectivity index (χ4v) is 2.56. The van der Waals surface area contributed by atoms with Crippen LogP contribution in [0.4, 0.5) is 0 Å². The number of benzene rings is 2. The number of carbonyl (C=O) groups is 1. The van der Waals surface area contributed by atoms with Crippen molar-refractivity contribution in [1.82, 2.24) is 16.0 Å². The van der Waals surface area contributed by atoms with Gasteiger partial charge in [0, 0.05) is 26.7 Å². The molecule has 0 radical (unpaired) electrons. The van der Waals surface area contributed by atoms with Gasteiger partial charge in [0.1, 0.15) is 5.75 Å². The molecule has 0 spiro atoms. The van der Waals surface area contributed by atoms with E-state index in [4.69, 9.17) is 4.74 Å². The Labute approximate surface area is 161 Å². The van der Waals surface area contributed by atoms with Gasteiger partial charge < -0.3 is 20.7 Å². The quantitative estimate of drug-likeness (QED) is 0.494. The lowest BCUT2D eigenvalue weighted by atomic mass is 10.1. The van der Waals surface area contributed by atoms with Crippen LogP contribution in [0.1, 0.15) is 23.6 Å². The molecule has 0 fully saturated rings. The second-order valence-electron chi connectivity index (χ2n) is 6.16. The number of amides is 1. The second kappa shape index (κ2) is 10.9. The van der Waals surface area contributed by atoms with Gasteiger partial charge in [-0.3, -0.25) is 9.79 Å². The Morgan fingerprint density at radius 3 is 2.30 bits per heavy atom. The highest BCUT2D eigenvalue weighted by Crippen LogP contribution is 2.13. The molecule has 0 heterocycles. The third kappa shape index (κ3) is 7.40. The predicted molar refractivity (Wildman–Crippen MR) is 109 cm³/mol. The number of aliphatic imine (C=N–C) groups is 1. The van der Waals surface area contributed by atoms with Gasteiger partial charge in [-0.15, -0.1) is 0 Å². The Morgan fingerprint density at radius 1 is 1.00 bits per heavy atom. The normalized spacial score (nSPS) is 11.0. The van der Waals surface area contributed by atoms with Crippen molar-refractivity contribution in [2.24, 2.45) is 4.99 Å². The van der Waals surface area contributed by atoms with Crippen molar-refractivity contribution in [1.29, 1.82) is 0 Å². The Balaban J connectivity index is 1.83. The lowest BCUT2D eigenvalue weighted by Crippen LogP contribution is -2.36. The van der Waals surface area contributed by atoms with E-state index in [-0.39, 0.29) is 12.5 Å². The Kier molecular flexibility index (Phi) is 8.16. The highest BCUT2D eigenvalue weighted by molar-refractivity contribution is 5.79. The molecule has 0 saturated carbocycles. The van der Waals surface area contributed by atoms with Crippen molar-refractivity contribution in [2.75, 3.05) is 20.2 Å². The molecule has 0 atom stereocenters. The number of hydrogen-bond acceptors (Lipinski definition) is 3. The zero-order valence-corrected chi connectivity index (χ0v) is 16.2. The second-order valence-corrected chi connectivity index (χ2v) is 6.16. The van der Waals surface area contributed by atoms with Crippen LogP contribution in [0, 0.1) is 6.92 Å². The molecule has 6 heteroatoms. The lowest BCUT2D eigenvalue weighted by Gasteiger charge is -2.13. The minimum Gasteiger partial charge on any atom is -0.484 e. The standard InChI is InChI=1S/C21H28N4O2/c1-4-23-20(26)15-27-19-10-6-9-18(12-19)14-25-21(22-3)24-13-17-8-5-7-16(2)11-17/h5-12H,4,13-15H2,1-3H3,(H,23,26)(H2,22,24,25). The van der Waals surface area contributed by atoms with Crippen LogP contribution in [-0.4, -0.2) is 32.1 Å². The number of ether oxygens (including phenoxy) is 1. The third-order valence-corrected chi connectivity index (χ3v) is 3.87. The first-order valence-electron chi connectivity index (χ1n) is 9.09. The minimum atomic E-state index is -0.123. The number of guanidine groups is 1. The molecule has 1 amide bonds. The monoisotopic (exact) mass is 368 g/mol. The molecule has 27 heavy (non-hydrogen) atoms. The maximum Gasteiger partial charge on any atom is 0.257 e. The molecule has 3 N–H and O–H groups in total. The number of likely N-dealkylation sites (N-methyl/N-ethyl adjacent to an activating group) is 1. The number of carbonyl (C=O) groups excluding carboxylic acids is 1. The Morgan fingerprint density at radius 2 is 1.67 bits per heavy atom. The van der Waals surface area contributed by atoms with Gasteiger partial charge in [-0.25, -0.2) is 0 Å². The zero-order valence-electron chi connectivity index (χ0n) is 16.2. The SMILES string of the molecule is CCNC(=O)COc1cccc(CNC(=NC)NCc2cccc(C)c2)c1. The van der Waals surface area contributed by atoms with Crippen LogP contribution in [0.25, 0.3) is 0 Å². The summed E-state index contributed by atoms with van der Waals surface area (Å²) >= 11 is 0. The number of nitrogens with one attached hydrogen (secondary N) is 3. The minimum absolute atomic E-state index is 0.0183. The van der Waals surface area contributed by atoms with Crippen LogP contribution < -0.4 is 20.7 Å². The van der Waals surface area contributed by atoms with Crippen molar-refractivity contribution in [3.8, 4) is 5.75 Å². The first-order valence-corrected chi connectivity index (χ1v) is 9.09. The Bertz CT molecular complexity index is 774. The van der Waals surface area contributed by atoms with E-state index >= 15 is 0 Å². The van der Waals surface area contributed by atoms with E-state index in [2.05, 4.69) is 52.1 Å². The van der Waals surface area contributed by atoms with Crippen LogP contribution in [-0.2, 0) is 17.9 Å². The van der Waals surface area contributed by atoms with Gasteiger partial charge in [-0.1, -0.05) is 42.0 Å². The van der Waals surface area contributed by atoms with Gasteiger partial charge >= 0.3 is 0 Å². The average molecular weight is 368 g/mol. The number of rotatable bonds is 8. The van der Waals surface area contributed by atoms with Gasteiger partial charge in [0.05, 0.1) is 0 Å². The number of nitrogens with zero attached hydrogens (tertiary/aromatic N) is 1. The van der Waals surface area contributed by atoms with Crippen molar-refractivity contribution in [3.63, 3.8) is 0 Å². The van der Waals surface area contributed by atoms with Crippen molar-refractivity contribution in [2.45, 2.75) is 26.9 Å². The fraction of sp³-hybridized carbons (Fsp3) is 0.333. The topological polar surface area (TPSA) is 74.8 Å². The highest BCUT2D eigenvalue weighted by atomic mass is 16.5. The molecule has 6 nitrogen and oxygen atoms in total. The summed E-state index contributed by atoms with van der Waals surface area (Å²) in [5, 5.41) is 9.30. The summed E-state index contributed by atoms with van der Waals surface area (Å²) in [5.74, 6) is 1.27. The largest absolute Gasteiger partial charge is 0.484 e. The third-order valence-electron chi connectivity index (χ3n) is 3.87. The molecule has 0 aromatic heterocycles. The van der Waals surface area contributed by atoms with Gasteiger partial charge in [-0.05, 0) is 37.1 Å². The summed E-state index contributed by atoms with van der Waals surface area (Å²) in [6, 6.07) is 16.0. The summed E-state index contributed by atoms with van der Waals surface area (Å²) in [7, 11) is 1.75. The van der Waals surface area contributed by atoms with Crippen LogP contribution in [0.3, 0.4) is 0 Å². The molecular formula is C21H28N4O2. The summed E-state index contributed by atoms with van der Waals surface area (Å²) in [4.78, 5) is 15.7. The summed E-state index contributed by atoms with van der Waals surface area (Å²) in [6.07, 6.45) is 0. The zero-order chi connectivity index (χ0) is 19.5. The first-order chi connectivity index (χ1) is 13.1. The molecule has 2 aromatic rings. The van der Waals surface area contributed by atoms with Crippen LogP contribution in [0.15, 0.2) is 53.5 Å². The number of aryl methyl sites for hydroxylation is 1. The molecule has 0 saturated heterocycles. The van der Waals surface area contributed by atoms with Crippen molar-refractivity contribution < 1.29 is 9.53 Å². The molecular weight excluding hydrogens is 340 g/mol. The highest BCUT2D eigenvalue weighted by Gasteiger charge is 2.03. The maximum atomic E-state index is 11.5. The van der Waals surface area contributed by atoms with E-state index in [0.717, 1.165) is 11.5 Å².